The number of aryl methyl sites for hydroxylation is 2. The number of rotatable bonds is 6. The lowest BCUT2D eigenvalue weighted by atomic mass is 10.1. The Hall–Kier alpha value is -2.27. The predicted octanol–water partition coefficient (Wildman–Crippen LogP) is 5.21. The fourth-order valence-corrected chi connectivity index (χ4v) is 4.47. The lowest BCUT2D eigenvalue weighted by Crippen LogP contribution is -2.29. The van der Waals surface area contributed by atoms with Crippen LogP contribution in [0.3, 0.4) is 0 Å². The fourth-order valence-electron chi connectivity index (χ4n) is 3.27. The van der Waals surface area contributed by atoms with Gasteiger partial charge in [-0.2, -0.15) is 0 Å². The monoisotopic (exact) mass is 382 g/mol. The van der Waals surface area contributed by atoms with Crippen LogP contribution >= 0.6 is 11.8 Å². The van der Waals surface area contributed by atoms with Gasteiger partial charge >= 0.3 is 0 Å². The van der Waals surface area contributed by atoms with E-state index in [1.165, 1.54) is 0 Å². The van der Waals surface area contributed by atoms with Crippen molar-refractivity contribution < 1.29 is 9.59 Å². The molecule has 1 aliphatic heterocycles. The molecule has 0 saturated carbocycles. The van der Waals surface area contributed by atoms with E-state index in [-0.39, 0.29) is 17.2 Å². The number of anilines is 2. The maximum absolute atomic E-state index is 12.7. The van der Waals surface area contributed by atoms with E-state index in [9.17, 15) is 9.59 Å². The fraction of sp³-hybridized carbons (Fsp3) is 0.364. The van der Waals surface area contributed by atoms with Crippen LogP contribution in [0, 0.1) is 13.8 Å². The molecule has 0 aliphatic carbocycles. The van der Waals surface area contributed by atoms with E-state index in [1.54, 1.807) is 11.8 Å². The first-order chi connectivity index (χ1) is 13.0. The second kappa shape index (κ2) is 8.61. The average molecular weight is 383 g/mol. The first-order valence-corrected chi connectivity index (χ1v) is 10.5. The number of unbranched alkanes of at least 4 members (excludes halogenated alkanes) is 1. The maximum atomic E-state index is 12.7. The van der Waals surface area contributed by atoms with Crippen LogP contribution < -0.4 is 10.2 Å². The Kier molecular flexibility index (Phi) is 6.22. The number of para-hydroxylation sites is 1. The minimum atomic E-state index is -0.138. The summed E-state index contributed by atoms with van der Waals surface area (Å²) in [5.41, 5.74) is 4.91. The van der Waals surface area contributed by atoms with E-state index in [0.29, 0.717) is 12.2 Å². The van der Waals surface area contributed by atoms with Crippen molar-refractivity contribution in [2.24, 2.45) is 0 Å². The molecule has 1 aliphatic rings. The van der Waals surface area contributed by atoms with Gasteiger partial charge in [-0.05, 0) is 43.5 Å². The maximum Gasteiger partial charge on any atom is 0.238 e. The molecule has 1 N–H and O–H groups in total. The smallest absolute Gasteiger partial charge is 0.238 e. The molecule has 1 atom stereocenters. The van der Waals surface area contributed by atoms with Gasteiger partial charge in [0.15, 0.2) is 0 Å². The molecule has 1 saturated heterocycles. The quantitative estimate of drug-likeness (QED) is 0.746. The molecule has 142 valence electrons. The third-order valence-corrected chi connectivity index (χ3v) is 5.94. The summed E-state index contributed by atoms with van der Waals surface area (Å²) in [5, 5.41) is 2.91. The van der Waals surface area contributed by atoms with Crippen molar-refractivity contribution in [3.63, 3.8) is 0 Å². The predicted molar refractivity (Wildman–Crippen MR) is 113 cm³/mol. The zero-order valence-electron chi connectivity index (χ0n) is 16.1. The van der Waals surface area contributed by atoms with Crippen LogP contribution in [0.5, 0.6) is 0 Å². The summed E-state index contributed by atoms with van der Waals surface area (Å²) >= 11 is 1.61. The number of carbonyl (C=O) groups is 2. The third kappa shape index (κ3) is 4.35. The summed E-state index contributed by atoms with van der Waals surface area (Å²) in [6.07, 6.45) is 2.38. The first kappa shape index (κ1) is 19.5. The molecule has 1 fully saturated rings. The van der Waals surface area contributed by atoms with Crippen molar-refractivity contribution in [2.75, 3.05) is 16.0 Å². The van der Waals surface area contributed by atoms with Crippen LogP contribution in [0.15, 0.2) is 42.5 Å². The van der Waals surface area contributed by atoms with Crippen molar-refractivity contribution in [1.29, 1.82) is 0 Å². The van der Waals surface area contributed by atoms with Crippen LogP contribution in [0.4, 0.5) is 11.4 Å². The second-order valence-electron chi connectivity index (χ2n) is 6.96. The molecule has 2 amide bonds. The van der Waals surface area contributed by atoms with Crippen molar-refractivity contribution in [3.05, 3.63) is 59.2 Å². The van der Waals surface area contributed by atoms with E-state index >= 15 is 0 Å². The number of nitrogens with zero attached hydrogens (tertiary/aromatic N) is 1. The third-order valence-electron chi connectivity index (χ3n) is 4.75. The number of hydrogen-bond acceptors (Lipinski definition) is 3. The molecule has 2 aromatic carbocycles. The Morgan fingerprint density at radius 2 is 2.00 bits per heavy atom. The van der Waals surface area contributed by atoms with Crippen LogP contribution in [0.2, 0.25) is 0 Å². The molecule has 0 bridgehead atoms. The van der Waals surface area contributed by atoms with E-state index in [1.807, 2.05) is 43.0 Å². The summed E-state index contributed by atoms with van der Waals surface area (Å²) in [6.45, 7) is 6.14. The van der Waals surface area contributed by atoms with E-state index in [2.05, 4.69) is 30.4 Å². The summed E-state index contributed by atoms with van der Waals surface area (Å²) in [7, 11) is 0. The van der Waals surface area contributed by atoms with E-state index in [0.717, 1.165) is 40.9 Å². The highest BCUT2D eigenvalue weighted by molar-refractivity contribution is 8.00. The molecule has 1 unspecified atom stereocenters. The Morgan fingerprint density at radius 3 is 2.78 bits per heavy atom. The van der Waals surface area contributed by atoms with Gasteiger partial charge in [-0.3, -0.25) is 14.5 Å². The summed E-state index contributed by atoms with van der Waals surface area (Å²) < 4.78 is 0. The van der Waals surface area contributed by atoms with Gasteiger partial charge < -0.3 is 5.32 Å². The van der Waals surface area contributed by atoms with Crippen LogP contribution in [0.25, 0.3) is 0 Å². The first-order valence-electron chi connectivity index (χ1n) is 9.41. The lowest BCUT2D eigenvalue weighted by molar-refractivity contribution is -0.116. The average Bonchev–Trinajstić information content (AvgIpc) is 3.03. The number of thioether (sulfide) groups is 1. The lowest BCUT2D eigenvalue weighted by Gasteiger charge is -2.27. The molecular weight excluding hydrogens is 356 g/mol. The molecule has 27 heavy (non-hydrogen) atoms. The van der Waals surface area contributed by atoms with Gasteiger partial charge in [0.05, 0.1) is 5.75 Å². The molecule has 1 heterocycles. The van der Waals surface area contributed by atoms with Crippen molar-refractivity contribution >= 4 is 35.0 Å². The topological polar surface area (TPSA) is 49.4 Å². The van der Waals surface area contributed by atoms with Crippen LogP contribution in [-0.2, 0) is 9.59 Å². The molecule has 3 rings (SSSR count). The molecule has 4 nitrogen and oxygen atoms in total. The van der Waals surface area contributed by atoms with E-state index < -0.39 is 0 Å². The molecule has 2 aromatic rings. The standard InChI is InChI=1S/C22H26N2O2S/c1-4-5-10-20(25)23-18-9-7-6-8-17(18)22-24(21(26)14-27-22)19-13-15(2)11-12-16(19)3/h6-9,11-13,22H,4-5,10,14H2,1-3H3,(H,23,25). The summed E-state index contributed by atoms with van der Waals surface area (Å²) in [6, 6.07) is 14.0. The van der Waals surface area contributed by atoms with Gasteiger partial charge in [-0.1, -0.05) is 43.7 Å². The van der Waals surface area contributed by atoms with Crippen molar-refractivity contribution in [1.82, 2.24) is 0 Å². The summed E-state index contributed by atoms with van der Waals surface area (Å²) in [4.78, 5) is 26.8. The van der Waals surface area contributed by atoms with Crippen LogP contribution in [0.1, 0.15) is 48.3 Å². The van der Waals surface area contributed by atoms with Crippen LogP contribution in [-0.4, -0.2) is 17.6 Å². The van der Waals surface area contributed by atoms with Crippen molar-refractivity contribution in [2.45, 2.75) is 45.4 Å². The SMILES string of the molecule is CCCCC(=O)Nc1ccccc1C1SCC(=O)N1c1cc(C)ccc1C. The van der Waals surface area contributed by atoms with Gasteiger partial charge in [-0.25, -0.2) is 0 Å². The molecule has 0 aromatic heterocycles. The Bertz CT molecular complexity index is 850. The molecule has 5 heteroatoms. The molecule has 0 radical (unpaired) electrons. The molecule has 0 spiro atoms. The normalized spacial score (nSPS) is 16.6. The van der Waals surface area contributed by atoms with Gasteiger partial charge in [0.2, 0.25) is 11.8 Å². The van der Waals surface area contributed by atoms with Crippen molar-refractivity contribution in [3.8, 4) is 0 Å². The van der Waals surface area contributed by atoms with Gasteiger partial charge in [0, 0.05) is 23.4 Å². The zero-order valence-corrected chi connectivity index (χ0v) is 16.9. The van der Waals surface area contributed by atoms with Gasteiger partial charge in [-0.15, -0.1) is 11.8 Å². The minimum Gasteiger partial charge on any atom is -0.326 e. The number of hydrogen-bond donors (Lipinski definition) is 1. The number of nitrogens with one attached hydrogen (secondary N) is 1. The van der Waals surface area contributed by atoms with Gasteiger partial charge in [0.25, 0.3) is 0 Å². The Balaban J connectivity index is 1.94. The Labute approximate surface area is 165 Å². The number of benzene rings is 2. The second-order valence-corrected chi connectivity index (χ2v) is 8.02. The van der Waals surface area contributed by atoms with E-state index in [4.69, 9.17) is 0 Å². The highest BCUT2D eigenvalue weighted by Gasteiger charge is 2.36. The largest absolute Gasteiger partial charge is 0.326 e. The highest BCUT2D eigenvalue weighted by Crippen LogP contribution is 2.45. The number of carbonyl (C=O) groups excluding carboxylic acids is 2. The molecular formula is C22H26N2O2S. The van der Waals surface area contributed by atoms with Gasteiger partial charge in [0.1, 0.15) is 5.37 Å². The minimum absolute atomic E-state index is 0.0249. The summed E-state index contributed by atoms with van der Waals surface area (Å²) in [5.74, 6) is 0.568. The zero-order chi connectivity index (χ0) is 19.4. The Morgan fingerprint density at radius 1 is 1.22 bits per heavy atom. The highest BCUT2D eigenvalue weighted by atomic mass is 32.2. The number of amides is 2.